The van der Waals surface area contributed by atoms with Crippen LogP contribution in [0.1, 0.15) is 16.1 Å². The number of nitrogens with one attached hydrogen (secondary N) is 1. The number of nitrogens with zero attached hydrogens (tertiary/aromatic N) is 2. The van der Waals surface area contributed by atoms with Crippen LogP contribution in [0, 0.1) is 5.82 Å². The molecule has 0 bridgehead atoms. The average Bonchev–Trinajstić information content (AvgIpc) is 2.50. The first kappa shape index (κ1) is 14.9. The van der Waals surface area contributed by atoms with E-state index < -0.39 is 11.7 Å². The second-order valence-electron chi connectivity index (χ2n) is 4.00. The number of oxime groups is 1. The maximum atomic E-state index is 13.5. The van der Waals surface area contributed by atoms with Crippen LogP contribution in [0.5, 0.6) is 0 Å². The van der Waals surface area contributed by atoms with E-state index in [9.17, 15) is 9.18 Å². The molecular weight excluding hydrogens is 343 g/mol. The number of aromatic nitrogens is 1. The summed E-state index contributed by atoms with van der Waals surface area (Å²) < 4.78 is 14.2. The second kappa shape index (κ2) is 6.31. The first-order chi connectivity index (χ1) is 10.0. The monoisotopic (exact) mass is 352 g/mol. The van der Waals surface area contributed by atoms with Crippen molar-refractivity contribution < 1.29 is 14.4 Å². The maximum absolute atomic E-state index is 13.5. The molecule has 1 aromatic carbocycles. The molecule has 1 heterocycles. The third-order valence-corrected chi connectivity index (χ3v) is 3.07. The predicted octanol–water partition coefficient (Wildman–Crippen LogP) is 2.33. The number of nitrogens with two attached hydrogens (primary N) is 1. The summed E-state index contributed by atoms with van der Waals surface area (Å²) in [7, 11) is 0. The first-order valence-corrected chi connectivity index (χ1v) is 6.51. The van der Waals surface area contributed by atoms with Crippen molar-refractivity contribution in [2.75, 3.05) is 5.32 Å². The molecule has 0 aliphatic rings. The van der Waals surface area contributed by atoms with E-state index in [-0.39, 0.29) is 17.2 Å². The summed E-state index contributed by atoms with van der Waals surface area (Å²) in [6, 6.07) is 7.05. The van der Waals surface area contributed by atoms with Crippen molar-refractivity contribution in [3.63, 3.8) is 0 Å². The summed E-state index contributed by atoms with van der Waals surface area (Å²) in [5.74, 6) is -1.25. The van der Waals surface area contributed by atoms with E-state index in [0.29, 0.717) is 10.0 Å². The normalized spacial score (nSPS) is 11.2. The van der Waals surface area contributed by atoms with Crippen molar-refractivity contribution in [2.45, 2.75) is 0 Å². The Kier molecular flexibility index (Phi) is 4.49. The topological polar surface area (TPSA) is 101 Å². The Morgan fingerprint density at radius 1 is 1.38 bits per heavy atom. The number of hydrogen-bond acceptors (Lipinski definition) is 4. The molecule has 0 atom stereocenters. The number of carbonyl (C=O) groups is 1. The lowest BCUT2D eigenvalue weighted by Gasteiger charge is -2.07. The van der Waals surface area contributed by atoms with Gasteiger partial charge in [-0.3, -0.25) is 9.78 Å². The Morgan fingerprint density at radius 2 is 2.14 bits per heavy atom. The van der Waals surface area contributed by atoms with E-state index in [1.165, 1.54) is 36.5 Å². The Morgan fingerprint density at radius 3 is 2.76 bits per heavy atom. The Bertz CT molecular complexity index is 704. The third-order valence-electron chi connectivity index (χ3n) is 2.58. The van der Waals surface area contributed by atoms with Crippen LogP contribution in [0.25, 0.3) is 0 Å². The minimum atomic E-state index is -0.571. The lowest BCUT2D eigenvalue weighted by atomic mass is 10.2. The van der Waals surface area contributed by atoms with Crippen molar-refractivity contribution >= 4 is 33.4 Å². The van der Waals surface area contributed by atoms with E-state index in [2.05, 4.69) is 31.4 Å². The summed E-state index contributed by atoms with van der Waals surface area (Å²) in [6.45, 7) is 0. The number of carbonyl (C=O) groups excluding carboxylic acids is 1. The fourth-order valence-corrected chi connectivity index (χ4v) is 1.88. The molecule has 0 fully saturated rings. The van der Waals surface area contributed by atoms with Gasteiger partial charge < -0.3 is 16.3 Å². The van der Waals surface area contributed by atoms with Gasteiger partial charge in [0.05, 0.1) is 5.69 Å². The van der Waals surface area contributed by atoms with Gasteiger partial charge in [0.2, 0.25) is 0 Å². The fraction of sp³-hybridized carbons (Fsp3) is 0. The third kappa shape index (κ3) is 3.54. The molecular formula is C13H10BrFN4O2. The van der Waals surface area contributed by atoms with Crippen LogP contribution in [-0.4, -0.2) is 21.9 Å². The van der Waals surface area contributed by atoms with Crippen LogP contribution in [0.3, 0.4) is 0 Å². The zero-order valence-electron chi connectivity index (χ0n) is 10.5. The van der Waals surface area contributed by atoms with Gasteiger partial charge in [0.25, 0.3) is 5.91 Å². The van der Waals surface area contributed by atoms with Crippen LogP contribution in [0.2, 0.25) is 0 Å². The van der Waals surface area contributed by atoms with Crippen molar-refractivity contribution in [3.8, 4) is 0 Å². The molecule has 1 amide bonds. The van der Waals surface area contributed by atoms with Crippen LogP contribution < -0.4 is 11.1 Å². The van der Waals surface area contributed by atoms with Crippen LogP contribution in [0.4, 0.5) is 10.1 Å². The highest BCUT2D eigenvalue weighted by atomic mass is 79.9. The molecule has 4 N–H and O–H groups in total. The minimum absolute atomic E-state index is 0.0386. The highest BCUT2D eigenvalue weighted by Crippen LogP contribution is 2.20. The van der Waals surface area contributed by atoms with Gasteiger partial charge in [0, 0.05) is 16.2 Å². The molecule has 2 rings (SSSR count). The van der Waals surface area contributed by atoms with Gasteiger partial charge in [-0.15, -0.1) is 0 Å². The number of rotatable bonds is 3. The molecule has 0 aliphatic carbocycles. The molecule has 0 unspecified atom stereocenters. The number of amides is 1. The largest absolute Gasteiger partial charge is 0.409 e. The number of amidine groups is 1. The zero-order chi connectivity index (χ0) is 15.4. The van der Waals surface area contributed by atoms with Gasteiger partial charge in [0.1, 0.15) is 11.5 Å². The number of anilines is 1. The second-order valence-corrected chi connectivity index (χ2v) is 4.91. The van der Waals surface area contributed by atoms with Gasteiger partial charge in [-0.2, -0.15) is 0 Å². The summed E-state index contributed by atoms with van der Waals surface area (Å²) in [5.41, 5.74) is 5.86. The molecule has 2 aromatic rings. The summed E-state index contributed by atoms with van der Waals surface area (Å²) >= 11 is 3.19. The van der Waals surface area contributed by atoms with Crippen molar-refractivity contribution in [1.29, 1.82) is 0 Å². The van der Waals surface area contributed by atoms with Gasteiger partial charge in [0.15, 0.2) is 5.84 Å². The lowest BCUT2D eigenvalue weighted by Crippen LogP contribution is -2.17. The van der Waals surface area contributed by atoms with E-state index in [1.54, 1.807) is 0 Å². The van der Waals surface area contributed by atoms with Crippen LogP contribution >= 0.6 is 15.9 Å². The molecule has 21 heavy (non-hydrogen) atoms. The standard InChI is InChI=1S/C13H10BrFN4O2/c14-8-2-3-9(15)11(5-8)18-13(20)10-4-1-7(6-17-10)12(16)19-21/h1-6,21H,(H2,16,19)(H,18,20). The SMILES string of the molecule is NC(=NO)c1ccc(C(=O)Nc2cc(Br)ccc2F)nc1. The van der Waals surface area contributed by atoms with E-state index in [1.807, 2.05) is 0 Å². The predicted molar refractivity (Wildman–Crippen MR) is 78.8 cm³/mol. The van der Waals surface area contributed by atoms with Gasteiger partial charge in [-0.1, -0.05) is 21.1 Å². The molecule has 0 aliphatic heterocycles. The zero-order valence-corrected chi connectivity index (χ0v) is 12.1. The smallest absolute Gasteiger partial charge is 0.274 e. The quantitative estimate of drug-likeness (QED) is 0.341. The van der Waals surface area contributed by atoms with Gasteiger partial charge in [-0.05, 0) is 30.3 Å². The molecule has 0 spiro atoms. The highest BCUT2D eigenvalue weighted by molar-refractivity contribution is 9.10. The average molecular weight is 353 g/mol. The Labute approximate surface area is 127 Å². The Balaban J connectivity index is 2.19. The van der Waals surface area contributed by atoms with Crippen molar-refractivity contribution in [3.05, 3.63) is 58.1 Å². The van der Waals surface area contributed by atoms with E-state index in [4.69, 9.17) is 10.9 Å². The molecule has 1 aromatic heterocycles. The van der Waals surface area contributed by atoms with E-state index >= 15 is 0 Å². The van der Waals surface area contributed by atoms with Crippen LogP contribution in [0.15, 0.2) is 46.2 Å². The molecule has 108 valence electrons. The highest BCUT2D eigenvalue weighted by Gasteiger charge is 2.11. The minimum Gasteiger partial charge on any atom is -0.409 e. The molecule has 0 saturated heterocycles. The summed E-state index contributed by atoms with van der Waals surface area (Å²) in [4.78, 5) is 15.8. The summed E-state index contributed by atoms with van der Waals surface area (Å²) in [6.07, 6.45) is 1.28. The van der Waals surface area contributed by atoms with Crippen LogP contribution in [-0.2, 0) is 0 Å². The maximum Gasteiger partial charge on any atom is 0.274 e. The fourth-order valence-electron chi connectivity index (χ4n) is 1.52. The number of hydrogen-bond donors (Lipinski definition) is 3. The first-order valence-electron chi connectivity index (χ1n) is 5.71. The Hall–Kier alpha value is -2.48. The molecule has 8 heteroatoms. The number of benzene rings is 1. The molecule has 0 saturated carbocycles. The number of pyridine rings is 1. The lowest BCUT2D eigenvalue weighted by molar-refractivity contribution is 0.102. The van der Waals surface area contributed by atoms with E-state index in [0.717, 1.165) is 0 Å². The van der Waals surface area contributed by atoms with Crippen molar-refractivity contribution in [2.24, 2.45) is 10.9 Å². The van der Waals surface area contributed by atoms with Crippen molar-refractivity contribution in [1.82, 2.24) is 4.98 Å². The summed E-state index contributed by atoms with van der Waals surface area (Å²) in [5, 5.41) is 13.8. The van der Waals surface area contributed by atoms with Gasteiger partial charge in [-0.25, -0.2) is 4.39 Å². The van der Waals surface area contributed by atoms with Gasteiger partial charge >= 0.3 is 0 Å². The number of halogens is 2. The molecule has 0 radical (unpaired) electrons. The molecule has 6 nitrogen and oxygen atoms in total.